The molecule has 0 N–H and O–H groups in total. The summed E-state index contributed by atoms with van der Waals surface area (Å²) in [7, 11) is 5.94. The van der Waals surface area contributed by atoms with Gasteiger partial charge in [0.1, 0.15) is 0 Å². The van der Waals surface area contributed by atoms with Gasteiger partial charge in [0.05, 0.1) is 0 Å². The Morgan fingerprint density at radius 3 is 2.06 bits per heavy atom. The fourth-order valence-corrected chi connectivity index (χ4v) is 1.54. The molecule has 1 aromatic rings. The molecule has 3 heteroatoms. The normalized spacial score (nSPS) is 11.6. The van der Waals surface area contributed by atoms with Crippen molar-refractivity contribution in [3.63, 3.8) is 0 Å². The summed E-state index contributed by atoms with van der Waals surface area (Å²) >= 11 is 0. The van der Waals surface area contributed by atoms with E-state index in [2.05, 4.69) is 45.2 Å². The Kier molecular flexibility index (Phi) is 13.2. The molecule has 0 heterocycles. The van der Waals surface area contributed by atoms with Crippen LogP contribution in [0.1, 0.15) is 31.4 Å². The van der Waals surface area contributed by atoms with Crippen LogP contribution < -0.4 is 0 Å². The maximum absolute atomic E-state index is 3.91. The van der Waals surface area contributed by atoms with Crippen molar-refractivity contribution in [2.75, 3.05) is 7.05 Å². The monoisotopic (exact) mass is 428 g/mol. The third kappa shape index (κ3) is 8.01. The minimum atomic E-state index is 0. The van der Waals surface area contributed by atoms with Crippen LogP contribution in [0.4, 0.5) is 0 Å². The van der Waals surface area contributed by atoms with Crippen molar-refractivity contribution in [3.8, 4) is 0 Å². The Morgan fingerprint density at radius 2 is 1.65 bits per heavy atom. The van der Waals surface area contributed by atoms with Gasteiger partial charge in [-0.25, -0.2) is 0 Å². The van der Waals surface area contributed by atoms with Crippen LogP contribution in [-0.4, -0.2) is 18.0 Å². The Hall–Kier alpha value is 1.13. The van der Waals surface area contributed by atoms with Crippen LogP contribution in [0, 0.1) is 44.8 Å². The minimum Gasteiger partial charge on any atom is -0.459 e. The first-order valence-electron chi connectivity index (χ1n) is 5.74. The van der Waals surface area contributed by atoms with Gasteiger partial charge in [0.15, 0.2) is 0 Å². The molecule has 1 unspecified atom stereocenters. The van der Waals surface area contributed by atoms with Crippen LogP contribution in [-0.2, 0) is 33.9 Å². The van der Waals surface area contributed by atoms with Gasteiger partial charge in [0, 0.05) is 58.8 Å². The summed E-state index contributed by atoms with van der Waals surface area (Å²) in [4.78, 5) is 2.03. The van der Waals surface area contributed by atoms with Gasteiger partial charge in [0.25, 0.3) is 0 Å². The molecule has 0 spiro atoms. The zero-order valence-electron chi connectivity index (χ0n) is 10.9. The van der Waals surface area contributed by atoms with Crippen LogP contribution in [0.3, 0.4) is 0 Å². The molecule has 0 aromatic heterocycles. The second kappa shape index (κ2) is 11.0. The summed E-state index contributed by atoms with van der Waals surface area (Å²) < 4.78 is 0. The van der Waals surface area contributed by atoms with Gasteiger partial charge in [-0.3, -0.25) is 7.05 Å². The molecule has 1 nitrogen and oxygen atoms in total. The fraction of sp³-hybridized carbons (Fsp3) is 0.500. The standard InChI is InChI=1S/C14H22N.Ar.W/c1-5-13-8-10-14(11-9-13)7-6-12(2)15(3)4;;/h8-12H,3,5-7H2,1-2,4H3;;/q-1;;. The maximum Gasteiger partial charge on any atom is 0 e. The maximum atomic E-state index is 3.91. The van der Waals surface area contributed by atoms with Crippen LogP contribution in [0.5, 0.6) is 0 Å². The third-order valence-corrected chi connectivity index (χ3v) is 3.03. The van der Waals surface area contributed by atoms with Gasteiger partial charge in [0.2, 0.25) is 0 Å². The molecular weight excluding hydrogens is 406 g/mol. The minimum absolute atomic E-state index is 0. The average Bonchev–Trinajstić information content (AvgIpc) is 2.26. The predicted molar refractivity (Wildman–Crippen MR) is 66.7 cm³/mol. The molecule has 0 aliphatic heterocycles. The fourth-order valence-electron chi connectivity index (χ4n) is 1.54. The average molecular weight is 428 g/mol. The van der Waals surface area contributed by atoms with Crippen LogP contribution in [0.15, 0.2) is 24.3 Å². The predicted octanol–water partition coefficient (Wildman–Crippen LogP) is 3.29. The first kappa shape index (κ1) is 20.4. The largest absolute Gasteiger partial charge is 0.459 e. The van der Waals surface area contributed by atoms with E-state index in [-0.39, 0.29) is 58.8 Å². The Balaban J connectivity index is 0. The summed E-state index contributed by atoms with van der Waals surface area (Å²) in [5.74, 6) is 0. The number of nitrogens with zero attached hydrogens (tertiary/aromatic N) is 1. The Bertz CT molecular complexity index is 285. The second-order valence-corrected chi connectivity index (χ2v) is 4.31. The number of benzene rings is 1. The molecule has 0 aliphatic rings. The van der Waals surface area contributed by atoms with Gasteiger partial charge in [-0.15, -0.1) is 0 Å². The molecule has 98 valence electrons. The van der Waals surface area contributed by atoms with Crippen molar-refractivity contribution in [1.82, 2.24) is 4.90 Å². The van der Waals surface area contributed by atoms with Crippen molar-refractivity contribution in [3.05, 3.63) is 42.4 Å². The van der Waals surface area contributed by atoms with Gasteiger partial charge < -0.3 is 4.90 Å². The van der Waals surface area contributed by atoms with E-state index in [9.17, 15) is 0 Å². The van der Waals surface area contributed by atoms with E-state index in [1.54, 1.807) is 0 Å². The third-order valence-electron chi connectivity index (χ3n) is 3.03. The molecule has 1 aromatic carbocycles. The van der Waals surface area contributed by atoms with Crippen LogP contribution in [0.25, 0.3) is 0 Å². The molecule has 0 radical (unpaired) electrons. The van der Waals surface area contributed by atoms with Gasteiger partial charge in [-0.1, -0.05) is 38.1 Å². The Morgan fingerprint density at radius 1 is 1.18 bits per heavy atom. The molecule has 1 atom stereocenters. The van der Waals surface area contributed by atoms with Crippen molar-refractivity contribution in [1.29, 1.82) is 0 Å². The first-order chi connectivity index (χ1) is 7.13. The smallest absolute Gasteiger partial charge is 0 e. The Labute approximate surface area is 151 Å². The summed E-state index contributed by atoms with van der Waals surface area (Å²) in [6, 6.07) is 9.50. The summed E-state index contributed by atoms with van der Waals surface area (Å²) in [6.07, 6.45) is 3.44. The summed E-state index contributed by atoms with van der Waals surface area (Å²) in [5, 5.41) is 0. The zero-order valence-corrected chi connectivity index (χ0v) is 14.6. The van der Waals surface area contributed by atoms with Crippen molar-refractivity contribution >= 4 is 0 Å². The topological polar surface area (TPSA) is 3.24 Å². The number of aryl methyl sites for hydroxylation is 2. The van der Waals surface area contributed by atoms with E-state index in [0.29, 0.717) is 6.04 Å². The zero-order chi connectivity index (χ0) is 11.3. The van der Waals surface area contributed by atoms with Crippen molar-refractivity contribution in [2.24, 2.45) is 0 Å². The van der Waals surface area contributed by atoms with Crippen molar-refractivity contribution < 1.29 is 58.8 Å². The van der Waals surface area contributed by atoms with Gasteiger partial charge >= 0.3 is 0 Å². The van der Waals surface area contributed by atoms with E-state index < -0.39 is 0 Å². The summed E-state index contributed by atoms with van der Waals surface area (Å²) in [5.41, 5.74) is 2.85. The molecule has 1 rings (SSSR count). The van der Waals surface area contributed by atoms with E-state index in [1.165, 1.54) is 17.5 Å². The molecule has 0 amide bonds. The van der Waals surface area contributed by atoms with Crippen molar-refractivity contribution in [2.45, 2.75) is 39.2 Å². The SMILES string of the molecule is [Ar].[CH2-]N(C)C(C)CCc1ccc(CC)cc1.[W]. The van der Waals surface area contributed by atoms with Crippen LogP contribution in [0.2, 0.25) is 0 Å². The number of rotatable bonds is 5. The van der Waals surface area contributed by atoms with E-state index in [4.69, 9.17) is 0 Å². The molecule has 0 aliphatic carbocycles. The van der Waals surface area contributed by atoms with Crippen LogP contribution >= 0.6 is 0 Å². The first-order valence-corrected chi connectivity index (χ1v) is 5.74. The van der Waals surface area contributed by atoms with E-state index in [0.717, 1.165) is 12.8 Å². The molecule has 0 saturated carbocycles. The summed E-state index contributed by atoms with van der Waals surface area (Å²) in [6.45, 7) is 4.40. The molecule has 0 bridgehead atoms. The van der Waals surface area contributed by atoms with Gasteiger partial charge in [-0.05, 0) is 43.5 Å². The molecule has 0 fully saturated rings. The van der Waals surface area contributed by atoms with E-state index in [1.807, 2.05) is 11.9 Å². The van der Waals surface area contributed by atoms with Gasteiger partial charge in [-0.2, -0.15) is 0 Å². The van der Waals surface area contributed by atoms with E-state index >= 15 is 0 Å². The number of hydrogen-bond acceptors (Lipinski definition) is 1. The second-order valence-electron chi connectivity index (χ2n) is 4.31. The molecular formula is C14H22ArNW-. The molecule has 17 heavy (non-hydrogen) atoms. The quantitative estimate of drug-likeness (QED) is 0.651. The number of hydrogen-bond donors (Lipinski definition) is 0. The molecule has 0 saturated heterocycles.